The molecule has 0 heterocycles. The third-order valence-corrected chi connectivity index (χ3v) is 3.41. The molecule has 0 unspecified atom stereocenters. The standard InChI is InChI=1S/C18H21NO3/c1-13(2)19(14-8-6-5-7-9-14)18(20)16-11-10-15(21-3)12-17(16)22-4/h5-13H,1-4H3. The number of ether oxygens (including phenoxy) is 2. The maximum Gasteiger partial charge on any atom is 0.262 e. The topological polar surface area (TPSA) is 38.8 Å². The number of amides is 1. The van der Waals surface area contributed by atoms with E-state index in [1.807, 2.05) is 44.2 Å². The predicted molar refractivity (Wildman–Crippen MR) is 87.9 cm³/mol. The fraction of sp³-hybridized carbons (Fsp3) is 0.278. The van der Waals surface area contributed by atoms with E-state index in [0.717, 1.165) is 5.69 Å². The molecule has 2 aromatic rings. The minimum atomic E-state index is -0.0966. The van der Waals surface area contributed by atoms with Crippen LogP contribution in [0.25, 0.3) is 0 Å². The van der Waals surface area contributed by atoms with Crippen LogP contribution in [-0.2, 0) is 0 Å². The Morgan fingerprint density at radius 2 is 1.68 bits per heavy atom. The maximum atomic E-state index is 13.0. The Kier molecular flexibility index (Phi) is 5.04. The number of anilines is 1. The molecule has 0 bridgehead atoms. The van der Waals surface area contributed by atoms with Crippen molar-refractivity contribution in [1.29, 1.82) is 0 Å². The van der Waals surface area contributed by atoms with Gasteiger partial charge < -0.3 is 14.4 Å². The summed E-state index contributed by atoms with van der Waals surface area (Å²) in [5.74, 6) is 1.07. The number of benzene rings is 2. The smallest absolute Gasteiger partial charge is 0.262 e. The van der Waals surface area contributed by atoms with Crippen molar-refractivity contribution >= 4 is 11.6 Å². The monoisotopic (exact) mass is 299 g/mol. The van der Waals surface area contributed by atoms with E-state index in [2.05, 4.69) is 0 Å². The van der Waals surface area contributed by atoms with Gasteiger partial charge in [-0.3, -0.25) is 4.79 Å². The number of carbonyl (C=O) groups excluding carboxylic acids is 1. The molecule has 0 atom stereocenters. The third kappa shape index (κ3) is 3.22. The van der Waals surface area contributed by atoms with Crippen LogP contribution in [-0.4, -0.2) is 26.2 Å². The lowest BCUT2D eigenvalue weighted by molar-refractivity contribution is 0.0977. The van der Waals surface area contributed by atoms with Crippen molar-refractivity contribution in [3.8, 4) is 11.5 Å². The molecule has 0 N–H and O–H groups in total. The van der Waals surface area contributed by atoms with Gasteiger partial charge in [0.15, 0.2) is 0 Å². The van der Waals surface area contributed by atoms with Gasteiger partial charge in [-0.25, -0.2) is 0 Å². The molecule has 22 heavy (non-hydrogen) atoms. The zero-order chi connectivity index (χ0) is 16.1. The van der Waals surface area contributed by atoms with E-state index in [1.54, 1.807) is 37.3 Å². The molecular formula is C18H21NO3. The van der Waals surface area contributed by atoms with Crippen LogP contribution in [0.5, 0.6) is 11.5 Å². The van der Waals surface area contributed by atoms with E-state index in [-0.39, 0.29) is 11.9 Å². The lowest BCUT2D eigenvalue weighted by Crippen LogP contribution is -2.37. The summed E-state index contributed by atoms with van der Waals surface area (Å²) in [6.45, 7) is 3.97. The molecule has 0 aliphatic heterocycles. The van der Waals surface area contributed by atoms with Gasteiger partial charge in [-0.05, 0) is 38.1 Å². The summed E-state index contributed by atoms with van der Waals surface area (Å²) < 4.78 is 10.5. The van der Waals surface area contributed by atoms with Crippen LogP contribution >= 0.6 is 0 Å². The molecule has 0 saturated heterocycles. The first kappa shape index (κ1) is 15.9. The second-order valence-corrected chi connectivity index (χ2v) is 5.17. The molecule has 2 aromatic carbocycles. The van der Waals surface area contributed by atoms with Gasteiger partial charge in [-0.1, -0.05) is 18.2 Å². The lowest BCUT2D eigenvalue weighted by Gasteiger charge is -2.27. The van der Waals surface area contributed by atoms with Crippen molar-refractivity contribution in [3.05, 3.63) is 54.1 Å². The Hall–Kier alpha value is -2.49. The van der Waals surface area contributed by atoms with Crippen molar-refractivity contribution in [1.82, 2.24) is 0 Å². The van der Waals surface area contributed by atoms with E-state index >= 15 is 0 Å². The molecule has 0 fully saturated rings. The highest BCUT2D eigenvalue weighted by atomic mass is 16.5. The highest BCUT2D eigenvalue weighted by Gasteiger charge is 2.23. The fourth-order valence-corrected chi connectivity index (χ4v) is 2.34. The Bertz CT molecular complexity index is 638. The molecule has 1 amide bonds. The van der Waals surface area contributed by atoms with Crippen molar-refractivity contribution in [2.45, 2.75) is 19.9 Å². The molecule has 4 nitrogen and oxygen atoms in total. The number of carbonyl (C=O) groups is 1. The van der Waals surface area contributed by atoms with E-state index < -0.39 is 0 Å². The minimum absolute atomic E-state index is 0.0294. The van der Waals surface area contributed by atoms with Gasteiger partial charge >= 0.3 is 0 Å². The quantitative estimate of drug-likeness (QED) is 0.844. The van der Waals surface area contributed by atoms with Gasteiger partial charge in [0.25, 0.3) is 5.91 Å². The largest absolute Gasteiger partial charge is 0.497 e. The van der Waals surface area contributed by atoms with Gasteiger partial charge in [0.2, 0.25) is 0 Å². The minimum Gasteiger partial charge on any atom is -0.497 e. The first-order chi connectivity index (χ1) is 10.6. The van der Waals surface area contributed by atoms with Crippen molar-refractivity contribution in [2.24, 2.45) is 0 Å². The average molecular weight is 299 g/mol. The van der Waals surface area contributed by atoms with Crippen LogP contribution in [0.3, 0.4) is 0 Å². The maximum absolute atomic E-state index is 13.0. The number of nitrogens with zero attached hydrogens (tertiary/aromatic N) is 1. The van der Waals surface area contributed by atoms with Crippen molar-refractivity contribution in [3.63, 3.8) is 0 Å². The van der Waals surface area contributed by atoms with Crippen LogP contribution in [0.4, 0.5) is 5.69 Å². The Morgan fingerprint density at radius 1 is 1.00 bits per heavy atom. The third-order valence-electron chi connectivity index (χ3n) is 3.41. The van der Waals surface area contributed by atoms with Crippen molar-refractivity contribution < 1.29 is 14.3 Å². The first-order valence-corrected chi connectivity index (χ1v) is 7.19. The van der Waals surface area contributed by atoms with Crippen LogP contribution in [0.2, 0.25) is 0 Å². The molecule has 0 aliphatic carbocycles. The van der Waals surface area contributed by atoms with E-state index in [1.165, 1.54) is 0 Å². The highest BCUT2D eigenvalue weighted by Crippen LogP contribution is 2.28. The summed E-state index contributed by atoms with van der Waals surface area (Å²) in [6, 6.07) is 14.9. The first-order valence-electron chi connectivity index (χ1n) is 7.19. The normalized spacial score (nSPS) is 10.4. The average Bonchev–Trinajstić information content (AvgIpc) is 2.54. The molecular weight excluding hydrogens is 278 g/mol. The molecule has 116 valence electrons. The molecule has 2 rings (SSSR count). The van der Waals surface area contributed by atoms with Crippen molar-refractivity contribution in [2.75, 3.05) is 19.1 Å². The summed E-state index contributed by atoms with van der Waals surface area (Å²) >= 11 is 0. The Morgan fingerprint density at radius 3 is 2.23 bits per heavy atom. The van der Waals surface area contributed by atoms with E-state index in [9.17, 15) is 4.79 Å². The molecule has 0 aliphatic rings. The lowest BCUT2D eigenvalue weighted by atomic mass is 10.1. The van der Waals surface area contributed by atoms with Gasteiger partial charge in [0.05, 0.1) is 19.8 Å². The van der Waals surface area contributed by atoms with Crippen LogP contribution in [0.1, 0.15) is 24.2 Å². The van der Waals surface area contributed by atoms with Gasteiger partial charge in [-0.15, -0.1) is 0 Å². The van der Waals surface area contributed by atoms with Crippen LogP contribution in [0, 0.1) is 0 Å². The zero-order valence-corrected chi connectivity index (χ0v) is 13.4. The molecule has 0 radical (unpaired) electrons. The number of hydrogen-bond acceptors (Lipinski definition) is 3. The van der Waals surface area contributed by atoms with E-state index in [4.69, 9.17) is 9.47 Å². The Labute approximate surface area is 131 Å². The molecule has 0 spiro atoms. The SMILES string of the molecule is COc1ccc(C(=O)N(c2ccccc2)C(C)C)c(OC)c1. The number of para-hydroxylation sites is 1. The second-order valence-electron chi connectivity index (χ2n) is 5.17. The highest BCUT2D eigenvalue weighted by molar-refractivity contribution is 6.08. The Balaban J connectivity index is 2.44. The second kappa shape index (κ2) is 6.98. The molecule has 4 heteroatoms. The summed E-state index contributed by atoms with van der Waals surface area (Å²) in [5.41, 5.74) is 1.38. The van der Waals surface area contributed by atoms with Crippen LogP contribution < -0.4 is 14.4 Å². The number of methoxy groups -OCH3 is 2. The predicted octanol–water partition coefficient (Wildman–Crippen LogP) is 3.76. The van der Waals surface area contributed by atoms with Gasteiger partial charge in [0.1, 0.15) is 11.5 Å². The number of rotatable bonds is 5. The summed E-state index contributed by atoms with van der Waals surface area (Å²) in [6.07, 6.45) is 0. The number of hydrogen-bond donors (Lipinski definition) is 0. The molecule has 0 aromatic heterocycles. The summed E-state index contributed by atoms with van der Waals surface area (Å²) in [4.78, 5) is 14.7. The molecule has 0 saturated carbocycles. The van der Waals surface area contributed by atoms with E-state index in [0.29, 0.717) is 17.1 Å². The summed E-state index contributed by atoms with van der Waals surface area (Å²) in [5, 5.41) is 0. The van der Waals surface area contributed by atoms with Crippen LogP contribution in [0.15, 0.2) is 48.5 Å². The fourth-order valence-electron chi connectivity index (χ4n) is 2.34. The van der Waals surface area contributed by atoms with Gasteiger partial charge in [0, 0.05) is 17.8 Å². The summed E-state index contributed by atoms with van der Waals surface area (Å²) in [7, 11) is 3.13. The zero-order valence-electron chi connectivity index (χ0n) is 13.4. The van der Waals surface area contributed by atoms with Gasteiger partial charge in [-0.2, -0.15) is 0 Å².